The second-order valence-corrected chi connectivity index (χ2v) is 7.06. The van der Waals surface area contributed by atoms with Crippen molar-refractivity contribution >= 4 is 44.8 Å². The third kappa shape index (κ3) is 4.50. The summed E-state index contributed by atoms with van der Waals surface area (Å²) in [5.74, 6) is 0.505. The second-order valence-electron chi connectivity index (χ2n) is 5.80. The molecule has 1 aliphatic heterocycles. The maximum absolute atomic E-state index is 12.5. The van der Waals surface area contributed by atoms with E-state index in [0.29, 0.717) is 41.8 Å². The van der Waals surface area contributed by atoms with E-state index in [9.17, 15) is 4.79 Å². The van der Waals surface area contributed by atoms with Gasteiger partial charge < -0.3 is 19.7 Å². The molecule has 2 aromatic rings. The predicted octanol–water partition coefficient (Wildman–Crippen LogP) is 4.59. The van der Waals surface area contributed by atoms with Crippen LogP contribution in [-0.4, -0.2) is 38.8 Å². The molecule has 0 unspecified atom stereocenters. The van der Waals surface area contributed by atoms with E-state index in [0.717, 1.165) is 23.2 Å². The van der Waals surface area contributed by atoms with Crippen LogP contribution in [0, 0.1) is 0 Å². The number of ether oxygens (including phenoxy) is 2. The summed E-state index contributed by atoms with van der Waals surface area (Å²) in [5.41, 5.74) is 2.15. The Morgan fingerprint density at radius 1 is 1.27 bits per heavy atom. The van der Waals surface area contributed by atoms with E-state index in [2.05, 4.69) is 26.1 Å². The van der Waals surface area contributed by atoms with E-state index >= 15 is 0 Å². The van der Waals surface area contributed by atoms with Crippen LogP contribution in [0.25, 0.3) is 0 Å². The first-order valence-corrected chi connectivity index (χ1v) is 9.61. The molecule has 1 heterocycles. The van der Waals surface area contributed by atoms with Gasteiger partial charge in [-0.05, 0) is 59.3 Å². The highest BCUT2D eigenvalue weighted by atomic mass is 79.9. The molecule has 26 heavy (non-hydrogen) atoms. The number of nitrogens with zero attached hydrogens (tertiary/aromatic N) is 1. The molecule has 0 aromatic heterocycles. The molecule has 1 aliphatic rings. The lowest BCUT2D eigenvalue weighted by Gasteiger charge is -2.29. The van der Waals surface area contributed by atoms with Crippen molar-refractivity contribution < 1.29 is 14.3 Å². The van der Waals surface area contributed by atoms with E-state index in [4.69, 9.17) is 21.1 Å². The SMILES string of the molecule is CCOc1ccc(C(=O)Nc2ccc(N3CCOCC3)c(Cl)c2)cc1Br. The van der Waals surface area contributed by atoms with Crippen molar-refractivity contribution in [2.45, 2.75) is 6.92 Å². The Bertz CT molecular complexity index is 794. The number of nitrogens with one attached hydrogen (secondary N) is 1. The summed E-state index contributed by atoms with van der Waals surface area (Å²) in [5, 5.41) is 3.49. The highest BCUT2D eigenvalue weighted by Crippen LogP contribution is 2.30. The standard InChI is InChI=1S/C19H20BrClN2O3/c1-2-26-18-6-3-13(11-15(18)20)19(24)22-14-4-5-17(16(21)12-14)23-7-9-25-10-8-23/h3-6,11-12H,2,7-10H2,1H3,(H,22,24). The Hall–Kier alpha value is -1.76. The number of anilines is 2. The van der Waals surface area contributed by atoms with Crippen molar-refractivity contribution in [3.05, 3.63) is 51.5 Å². The number of halogens is 2. The van der Waals surface area contributed by atoms with Gasteiger partial charge in [-0.1, -0.05) is 11.6 Å². The van der Waals surface area contributed by atoms with Crippen molar-refractivity contribution in [3.8, 4) is 5.75 Å². The van der Waals surface area contributed by atoms with Crippen LogP contribution in [0.1, 0.15) is 17.3 Å². The van der Waals surface area contributed by atoms with Gasteiger partial charge in [-0.25, -0.2) is 0 Å². The Labute approximate surface area is 166 Å². The number of rotatable bonds is 5. The topological polar surface area (TPSA) is 50.8 Å². The van der Waals surface area contributed by atoms with Crippen LogP contribution in [0.15, 0.2) is 40.9 Å². The minimum atomic E-state index is -0.205. The smallest absolute Gasteiger partial charge is 0.255 e. The van der Waals surface area contributed by atoms with E-state index in [1.165, 1.54) is 0 Å². The number of morpholine rings is 1. The van der Waals surface area contributed by atoms with Gasteiger partial charge in [0, 0.05) is 24.3 Å². The number of carbonyl (C=O) groups excluding carboxylic acids is 1. The third-order valence-corrected chi connectivity index (χ3v) is 4.97. The Kier molecular flexibility index (Phi) is 6.40. The zero-order valence-electron chi connectivity index (χ0n) is 14.4. The lowest BCUT2D eigenvalue weighted by Crippen LogP contribution is -2.36. The Balaban J connectivity index is 1.71. The summed E-state index contributed by atoms with van der Waals surface area (Å²) in [6.45, 7) is 5.50. The molecule has 7 heteroatoms. The molecule has 3 rings (SSSR count). The molecule has 0 atom stereocenters. The van der Waals surface area contributed by atoms with E-state index < -0.39 is 0 Å². The van der Waals surface area contributed by atoms with Gasteiger partial charge >= 0.3 is 0 Å². The second kappa shape index (κ2) is 8.75. The van der Waals surface area contributed by atoms with E-state index in [1.54, 1.807) is 24.3 Å². The molecule has 1 amide bonds. The van der Waals surface area contributed by atoms with Crippen LogP contribution in [0.3, 0.4) is 0 Å². The normalized spacial score (nSPS) is 14.2. The number of amides is 1. The predicted molar refractivity (Wildman–Crippen MR) is 108 cm³/mol. The number of benzene rings is 2. The molecule has 5 nitrogen and oxygen atoms in total. The lowest BCUT2D eigenvalue weighted by atomic mass is 10.2. The van der Waals surface area contributed by atoms with Gasteiger partial charge in [-0.3, -0.25) is 4.79 Å². The van der Waals surface area contributed by atoms with Crippen molar-refractivity contribution in [3.63, 3.8) is 0 Å². The highest BCUT2D eigenvalue weighted by Gasteiger charge is 2.15. The van der Waals surface area contributed by atoms with Gasteiger partial charge in [-0.15, -0.1) is 0 Å². The van der Waals surface area contributed by atoms with Gasteiger partial charge in [0.15, 0.2) is 0 Å². The Morgan fingerprint density at radius 3 is 2.69 bits per heavy atom. The average molecular weight is 440 g/mol. The van der Waals surface area contributed by atoms with Gasteiger partial charge in [0.2, 0.25) is 0 Å². The van der Waals surface area contributed by atoms with E-state index in [1.807, 2.05) is 19.1 Å². The van der Waals surface area contributed by atoms with Crippen LogP contribution in [0.5, 0.6) is 5.75 Å². The van der Waals surface area contributed by atoms with Crippen molar-refractivity contribution in [2.75, 3.05) is 43.1 Å². The fourth-order valence-corrected chi connectivity index (χ4v) is 3.56. The fraction of sp³-hybridized carbons (Fsp3) is 0.316. The Morgan fingerprint density at radius 2 is 2.04 bits per heavy atom. The molecular formula is C19H20BrClN2O3. The monoisotopic (exact) mass is 438 g/mol. The minimum absolute atomic E-state index is 0.205. The zero-order chi connectivity index (χ0) is 18.5. The molecule has 0 saturated carbocycles. The molecule has 2 aromatic carbocycles. The van der Waals surface area contributed by atoms with E-state index in [-0.39, 0.29) is 5.91 Å². The summed E-state index contributed by atoms with van der Waals surface area (Å²) < 4.78 is 11.6. The largest absolute Gasteiger partial charge is 0.493 e. The third-order valence-electron chi connectivity index (χ3n) is 4.05. The van der Waals surface area contributed by atoms with Crippen LogP contribution in [-0.2, 0) is 4.74 Å². The highest BCUT2D eigenvalue weighted by molar-refractivity contribution is 9.10. The number of hydrogen-bond donors (Lipinski definition) is 1. The minimum Gasteiger partial charge on any atom is -0.493 e. The summed E-state index contributed by atoms with van der Waals surface area (Å²) in [7, 11) is 0. The van der Waals surface area contributed by atoms with Crippen molar-refractivity contribution in [1.82, 2.24) is 0 Å². The summed E-state index contributed by atoms with van der Waals surface area (Å²) >= 11 is 9.84. The molecule has 1 fully saturated rings. The molecule has 138 valence electrons. The maximum Gasteiger partial charge on any atom is 0.255 e. The van der Waals surface area contributed by atoms with Crippen LogP contribution < -0.4 is 15.0 Å². The first-order valence-electron chi connectivity index (χ1n) is 8.44. The molecule has 0 spiro atoms. The average Bonchev–Trinajstić information content (AvgIpc) is 2.64. The van der Waals surface area contributed by atoms with Crippen molar-refractivity contribution in [1.29, 1.82) is 0 Å². The van der Waals surface area contributed by atoms with Crippen LogP contribution in [0.2, 0.25) is 5.02 Å². The summed E-state index contributed by atoms with van der Waals surface area (Å²) in [6.07, 6.45) is 0. The van der Waals surface area contributed by atoms with Crippen molar-refractivity contribution in [2.24, 2.45) is 0 Å². The van der Waals surface area contributed by atoms with Crippen LogP contribution >= 0.6 is 27.5 Å². The number of hydrogen-bond acceptors (Lipinski definition) is 4. The van der Waals surface area contributed by atoms with Gasteiger partial charge in [0.05, 0.1) is 35.0 Å². The summed E-state index contributed by atoms with van der Waals surface area (Å²) in [4.78, 5) is 14.7. The molecule has 0 bridgehead atoms. The van der Waals surface area contributed by atoms with Gasteiger partial charge in [0.1, 0.15) is 5.75 Å². The molecule has 0 radical (unpaired) electrons. The fourth-order valence-electron chi connectivity index (χ4n) is 2.76. The van der Waals surface area contributed by atoms with Gasteiger partial charge in [0.25, 0.3) is 5.91 Å². The van der Waals surface area contributed by atoms with Gasteiger partial charge in [-0.2, -0.15) is 0 Å². The first kappa shape index (κ1) is 19.0. The van der Waals surface area contributed by atoms with Crippen LogP contribution in [0.4, 0.5) is 11.4 Å². The first-order chi connectivity index (χ1) is 12.6. The molecule has 0 aliphatic carbocycles. The lowest BCUT2D eigenvalue weighted by molar-refractivity contribution is 0.102. The molecule has 1 N–H and O–H groups in total. The maximum atomic E-state index is 12.5. The summed E-state index contributed by atoms with van der Waals surface area (Å²) in [6, 6.07) is 10.8. The zero-order valence-corrected chi connectivity index (χ0v) is 16.8. The molecular weight excluding hydrogens is 420 g/mol. The quantitative estimate of drug-likeness (QED) is 0.740. The number of carbonyl (C=O) groups is 1. The molecule has 1 saturated heterocycles.